The Balaban J connectivity index is 1.42. The third-order valence-electron chi connectivity index (χ3n) is 7.90. The van der Waals surface area contributed by atoms with Crippen molar-refractivity contribution in [2.75, 3.05) is 7.11 Å². The number of ether oxygens (including phenoxy) is 2. The van der Waals surface area contributed by atoms with Crippen LogP contribution in [0.2, 0.25) is 0 Å². The molecule has 0 bridgehead atoms. The fourth-order valence-corrected chi connectivity index (χ4v) is 5.46. The van der Waals surface area contributed by atoms with Crippen molar-refractivity contribution in [3.05, 3.63) is 47.8 Å². The van der Waals surface area contributed by atoms with Crippen LogP contribution in [0.4, 0.5) is 17.6 Å². The Morgan fingerprint density at radius 3 is 2.53 bits per heavy atom. The number of aromatic nitrogens is 4. The third-order valence-corrected chi connectivity index (χ3v) is 7.90. The Kier molecular flexibility index (Phi) is 6.80. The average molecular weight is 599 g/mol. The minimum absolute atomic E-state index is 0.195. The molecule has 2 aromatic carbocycles. The summed E-state index contributed by atoms with van der Waals surface area (Å²) >= 11 is 0. The van der Waals surface area contributed by atoms with Gasteiger partial charge in [-0.05, 0) is 49.1 Å². The van der Waals surface area contributed by atoms with Crippen molar-refractivity contribution in [2.45, 2.75) is 56.4 Å². The highest BCUT2D eigenvalue weighted by Crippen LogP contribution is 2.44. The Hall–Kier alpha value is -4.64. The van der Waals surface area contributed by atoms with Crippen molar-refractivity contribution < 1.29 is 36.9 Å². The Morgan fingerprint density at radius 2 is 1.93 bits per heavy atom. The zero-order valence-electron chi connectivity index (χ0n) is 23.1. The molecule has 0 unspecified atom stereocenters. The molecule has 10 nitrogen and oxygen atoms in total. The lowest BCUT2D eigenvalue weighted by Gasteiger charge is -2.36. The molecule has 43 heavy (non-hydrogen) atoms. The van der Waals surface area contributed by atoms with E-state index in [-0.39, 0.29) is 16.9 Å². The number of methoxy groups -OCH3 is 1. The molecular formula is C29H26F4N6O4. The maximum atomic E-state index is 13.5. The van der Waals surface area contributed by atoms with E-state index in [4.69, 9.17) is 4.74 Å². The van der Waals surface area contributed by atoms with Crippen LogP contribution in [0.15, 0.2) is 36.7 Å². The number of rotatable bonds is 9. The van der Waals surface area contributed by atoms with Gasteiger partial charge >= 0.3 is 6.61 Å². The summed E-state index contributed by atoms with van der Waals surface area (Å²) in [7, 11) is 2.80. The van der Waals surface area contributed by atoms with Gasteiger partial charge < -0.3 is 19.9 Å². The highest BCUT2D eigenvalue weighted by atomic mass is 19.3. The third kappa shape index (κ3) is 5.25. The summed E-state index contributed by atoms with van der Waals surface area (Å²) in [5.41, 5.74) is 1.36. The SMILES string of the molecule is COc1cc(-c2c3c(C#N)cc(-c4cnn(CC5(O)CCC5)c4)cc3nn2C)cc(OC(F)F)c1C(=O)N[C@@H]1CC1(F)F. The number of nitrogens with one attached hydrogen (secondary N) is 1. The lowest BCUT2D eigenvalue weighted by Crippen LogP contribution is -2.41. The molecule has 0 aliphatic heterocycles. The number of carbonyl (C=O) groups is 1. The van der Waals surface area contributed by atoms with Gasteiger partial charge in [0.05, 0.1) is 54.3 Å². The van der Waals surface area contributed by atoms with Gasteiger partial charge in [-0.2, -0.15) is 24.2 Å². The molecule has 6 rings (SSSR count). The van der Waals surface area contributed by atoms with Crippen LogP contribution in [0.3, 0.4) is 0 Å². The average Bonchev–Trinajstić information content (AvgIpc) is 3.23. The van der Waals surface area contributed by atoms with Gasteiger partial charge in [-0.25, -0.2) is 8.78 Å². The highest BCUT2D eigenvalue weighted by Gasteiger charge is 2.58. The normalized spacial score (nSPS) is 18.3. The molecule has 2 N–H and O–H groups in total. The van der Waals surface area contributed by atoms with Crippen LogP contribution in [0.1, 0.15) is 41.6 Å². The Labute approximate surface area is 242 Å². The molecule has 4 aromatic rings. The Morgan fingerprint density at radius 1 is 1.21 bits per heavy atom. The van der Waals surface area contributed by atoms with E-state index in [1.165, 1.54) is 17.9 Å². The molecule has 0 spiro atoms. The minimum atomic E-state index is -3.33. The van der Waals surface area contributed by atoms with E-state index < -0.39 is 47.8 Å². The maximum Gasteiger partial charge on any atom is 0.387 e. The molecule has 2 aliphatic rings. The molecular weight excluding hydrogens is 572 g/mol. The predicted molar refractivity (Wildman–Crippen MR) is 145 cm³/mol. The summed E-state index contributed by atoms with van der Waals surface area (Å²) in [4.78, 5) is 12.9. The maximum absolute atomic E-state index is 13.5. The van der Waals surface area contributed by atoms with Crippen LogP contribution in [0.25, 0.3) is 33.3 Å². The zero-order chi connectivity index (χ0) is 30.7. The summed E-state index contributed by atoms with van der Waals surface area (Å²) in [5, 5.41) is 32.0. The van der Waals surface area contributed by atoms with Crippen molar-refractivity contribution in [3.8, 4) is 40.0 Å². The number of aliphatic hydroxyl groups is 1. The molecule has 2 aliphatic carbocycles. The van der Waals surface area contributed by atoms with Gasteiger partial charge in [-0.1, -0.05) is 0 Å². The minimum Gasteiger partial charge on any atom is -0.496 e. The molecule has 2 saturated carbocycles. The van der Waals surface area contributed by atoms with Crippen molar-refractivity contribution in [2.24, 2.45) is 7.05 Å². The van der Waals surface area contributed by atoms with Crippen molar-refractivity contribution >= 4 is 16.8 Å². The van der Waals surface area contributed by atoms with E-state index in [0.29, 0.717) is 47.1 Å². The highest BCUT2D eigenvalue weighted by molar-refractivity contribution is 6.03. The molecule has 0 saturated heterocycles. The number of benzene rings is 2. The van der Waals surface area contributed by atoms with Gasteiger partial charge in [0.2, 0.25) is 0 Å². The lowest BCUT2D eigenvalue weighted by molar-refractivity contribution is -0.0506. The first kappa shape index (κ1) is 28.5. The molecule has 1 amide bonds. The van der Waals surface area contributed by atoms with Crippen LogP contribution in [0, 0.1) is 11.3 Å². The number of fused-ring (bicyclic) bond motifs is 1. The van der Waals surface area contributed by atoms with Crippen molar-refractivity contribution in [1.29, 1.82) is 5.26 Å². The second-order valence-corrected chi connectivity index (χ2v) is 10.9. The number of nitriles is 1. The largest absolute Gasteiger partial charge is 0.496 e. The van der Waals surface area contributed by atoms with Crippen LogP contribution in [0.5, 0.6) is 11.5 Å². The van der Waals surface area contributed by atoms with Crippen LogP contribution >= 0.6 is 0 Å². The Bertz CT molecular complexity index is 1790. The van der Waals surface area contributed by atoms with Gasteiger partial charge in [-0.3, -0.25) is 14.2 Å². The van der Waals surface area contributed by atoms with E-state index in [2.05, 4.69) is 26.3 Å². The summed E-state index contributed by atoms with van der Waals surface area (Å²) < 4.78 is 66.9. The molecule has 224 valence electrons. The molecule has 1 atom stereocenters. The molecule has 2 heterocycles. The molecule has 2 fully saturated rings. The summed E-state index contributed by atoms with van der Waals surface area (Å²) in [5.74, 6) is -4.91. The summed E-state index contributed by atoms with van der Waals surface area (Å²) in [6.07, 6.45) is 5.23. The fourth-order valence-electron chi connectivity index (χ4n) is 5.46. The quantitative estimate of drug-likeness (QED) is 0.269. The van der Waals surface area contributed by atoms with Crippen LogP contribution in [-0.4, -0.2) is 61.9 Å². The van der Waals surface area contributed by atoms with Crippen molar-refractivity contribution in [1.82, 2.24) is 24.9 Å². The number of halogens is 4. The number of aryl methyl sites for hydroxylation is 1. The van der Waals surface area contributed by atoms with Crippen LogP contribution in [-0.2, 0) is 13.6 Å². The van der Waals surface area contributed by atoms with E-state index in [1.807, 2.05) is 0 Å². The second kappa shape index (κ2) is 10.3. The van der Waals surface area contributed by atoms with Gasteiger partial charge in [0.25, 0.3) is 11.8 Å². The standard InChI is InChI=1S/C29H26F4N6O4/c1-38-25(16-8-20(42-2)24(21(9-16)43-27(30)31)26(40)36-22-10-29(22,32)33)23-17(11-34)6-15(7-19(23)37-38)18-12-35-39(13-18)14-28(41)4-3-5-28/h6-9,12-13,22,27,41H,3-5,10,14H2,1-2H3,(H,36,40)/t22-/m1/s1. The smallest absolute Gasteiger partial charge is 0.387 e. The molecule has 0 radical (unpaired) electrons. The lowest BCUT2D eigenvalue weighted by atomic mass is 9.80. The second-order valence-electron chi connectivity index (χ2n) is 10.9. The van der Waals surface area contributed by atoms with E-state index in [0.717, 1.165) is 12.5 Å². The number of amides is 1. The van der Waals surface area contributed by atoms with E-state index in [9.17, 15) is 32.7 Å². The predicted octanol–water partition coefficient (Wildman–Crippen LogP) is 4.64. The van der Waals surface area contributed by atoms with Gasteiger partial charge in [-0.15, -0.1) is 0 Å². The number of hydrogen-bond donors (Lipinski definition) is 2. The van der Waals surface area contributed by atoms with Gasteiger partial charge in [0.15, 0.2) is 0 Å². The fraction of sp³-hybridized carbons (Fsp3) is 0.379. The van der Waals surface area contributed by atoms with Crippen molar-refractivity contribution in [3.63, 3.8) is 0 Å². The molecule has 14 heteroatoms. The summed E-state index contributed by atoms with van der Waals surface area (Å²) in [6.45, 7) is -2.98. The number of hydrogen-bond acceptors (Lipinski definition) is 7. The number of carbonyl (C=O) groups excluding carboxylic acids is 1. The monoisotopic (exact) mass is 598 g/mol. The zero-order valence-corrected chi connectivity index (χ0v) is 23.1. The first-order valence-corrected chi connectivity index (χ1v) is 13.4. The topological polar surface area (TPSA) is 127 Å². The molecule has 2 aromatic heterocycles. The van der Waals surface area contributed by atoms with E-state index >= 15 is 0 Å². The van der Waals surface area contributed by atoms with Crippen LogP contribution < -0.4 is 14.8 Å². The number of alkyl halides is 4. The van der Waals surface area contributed by atoms with Gasteiger partial charge in [0.1, 0.15) is 17.1 Å². The van der Waals surface area contributed by atoms with E-state index in [1.54, 1.807) is 36.3 Å². The van der Waals surface area contributed by atoms with Gasteiger partial charge in [0, 0.05) is 36.2 Å². The number of nitrogens with zero attached hydrogens (tertiary/aromatic N) is 5. The first-order valence-electron chi connectivity index (χ1n) is 13.4. The first-order chi connectivity index (χ1) is 20.4. The summed E-state index contributed by atoms with van der Waals surface area (Å²) in [6, 6.07) is 6.69.